The van der Waals surface area contributed by atoms with Crippen LogP contribution in [0.5, 0.6) is 5.75 Å². The van der Waals surface area contributed by atoms with Gasteiger partial charge in [-0.05, 0) is 19.1 Å². The highest BCUT2D eigenvalue weighted by atomic mass is 16.5. The fraction of sp³-hybridized carbons (Fsp3) is 0.308. The highest BCUT2D eigenvalue weighted by Crippen LogP contribution is 2.26. The van der Waals surface area contributed by atoms with Gasteiger partial charge in [-0.1, -0.05) is 6.08 Å². The van der Waals surface area contributed by atoms with Crippen molar-refractivity contribution in [1.29, 1.82) is 0 Å². The molecule has 0 spiro atoms. The summed E-state index contributed by atoms with van der Waals surface area (Å²) in [4.78, 5) is 4.08. The quantitative estimate of drug-likeness (QED) is 0.568. The molecular formula is C13H15NO3. The maximum absolute atomic E-state index is 5.61. The first kappa shape index (κ1) is 11.7. The van der Waals surface area contributed by atoms with Crippen molar-refractivity contribution in [2.24, 2.45) is 0 Å². The molecule has 0 fully saturated rings. The number of hydrogen-bond acceptors (Lipinski definition) is 4. The highest BCUT2D eigenvalue weighted by molar-refractivity contribution is 5.78. The van der Waals surface area contributed by atoms with Crippen molar-refractivity contribution in [3.05, 3.63) is 36.7 Å². The van der Waals surface area contributed by atoms with Crippen LogP contribution in [0.15, 0.2) is 35.6 Å². The van der Waals surface area contributed by atoms with Gasteiger partial charge in [0.05, 0.1) is 13.2 Å². The van der Waals surface area contributed by atoms with E-state index in [1.165, 1.54) is 6.39 Å². The van der Waals surface area contributed by atoms with Gasteiger partial charge < -0.3 is 13.9 Å². The molecule has 17 heavy (non-hydrogen) atoms. The van der Waals surface area contributed by atoms with Crippen LogP contribution in [-0.2, 0) is 4.74 Å². The number of aromatic nitrogens is 1. The van der Waals surface area contributed by atoms with Gasteiger partial charge in [-0.2, -0.15) is 0 Å². The van der Waals surface area contributed by atoms with Crippen molar-refractivity contribution in [3.63, 3.8) is 0 Å². The average Bonchev–Trinajstić information content (AvgIpc) is 2.80. The van der Waals surface area contributed by atoms with Crippen LogP contribution in [0.1, 0.15) is 5.56 Å². The highest BCUT2D eigenvalue weighted by Gasteiger charge is 2.07. The number of hydrogen-bond donors (Lipinski definition) is 0. The number of nitrogens with zero attached hydrogens (tertiary/aromatic N) is 1. The lowest BCUT2D eigenvalue weighted by molar-refractivity contribution is 0.121. The number of benzene rings is 1. The van der Waals surface area contributed by atoms with Gasteiger partial charge in [0, 0.05) is 5.56 Å². The predicted molar refractivity (Wildman–Crippen MR) is 65.3 cm³/mol. The second-order valence-electron chi connectivity index (χ2n) is 3.60. The summed E-state index contributed by atoms with van der Waals surface area (Å²) in [6.45, 7) is 7.12. The minimum absolute atomic E-state index is 0.508. The van der Waals surface area contributed by atoms with E-state index in [9.17, 15) is 0 Å². The summed E-state index contributed by atoms with van der Waals surface area (Å²) < 4.78 is 16.2. The molecule has 90 valence electrons. The molecule has 0 atom stereocenters. The Balaban J connectivity index is 1.98. The second-order valence-corrected chi connectivity index (χ2v) is 3.60. The number of oxazole rings is 1. The normalized spacial score (nSPS) is 10.6. The molecule has 4 nitrogen and oxygen atoms in total. The molecule has 1 aromatic carbocycles. The molecule has 2 aromatic rings. The molecular weight excluding hydrogens is 218 g/mol. The van der Waals surface area contributed by atoms with Gasteiger partial charge in [0.15, 0.2) is 12.0 Å². The zero-order valence-electron chi connectivity index (χ0n) is 9.81. The first-order chi connectivity index (χ1) is 8.33. The molecule has 0 bridgehead atoms. The number of ether oxygens (including phenoxy) is 2. The molecule has 0 unspecified atom stereocenters. The van der Waals surface area contributed by atoms with Crippen molar-refractivity contribution in [2.75, 3.05) is 19.8 Å². The molecule has 1 aromatic heterocycles. The second kappa shape index (κ2) is 5.50. The molecule has 0 aliphatic heterocycles. The van der Waals surface area contributed by atoms with Gasteiger partial charge in [-0.25, -0.2) is 4.98 Å². The summed E-state index contributed by atoms with van der Waals surface area (Å²) in [5.74, 6) is 0.802. The third-order valence-corrected chi connectivity index (χ3v) is 2.42. The monoisotopic (exact) mass is 233 g/mol. The van der Waals surface area contributed by atoms with Gasteiger partial charge in [0.2, 0.25) is 0 Å². The molecule has 1 heterocycles. The first-order valence-electron chi connectivity index (χ1n) is 5.47. The number of rotatable bonds is 6. The van der Waals surface area contributed by atoms with Gasteiger partial charge in [-0.3, -0.25) is 0 Å². The Hall–Kier alpha value is -1.81. The van der Waals surface area contributed by atoms with Crippen molar-refractivity contribution < 1.29 is 13.9 Å². The number of fused-ring (bicyclic) bond motifs is 1. The van der Waals surface area contributed by atoms with Crippen LogP contribution in [0.4, 0.5) is 0 Å². The van der Waals surface area contributed by atoms with Crippen LogP contribution >= 0.6 is 0 Å². The van der Waals surface area contributed by atoms with Crippen molar-refractivity contribution >= 4 is 11.1 Å². The Kier molecular flexibility index (Phi) is 3.77. The minimum atomic E-state index is 0.508. The zero-order chi connectivity index (χ0) is 12.1. The summed E-state index contributed by atoms with van der Waals surface area (Å²) in [5, 5.41) is 0. The van der Waals surface area contributed by atoms with E-state index in [-0.39, 0.29) is 0 Å². The molecule has 0 aliphatic rings. The van der Waals surface area contributed by atoms with E-state index < -0.39 is 0 Å². The molecule has 4 heteroatoms. The van der Waals surface area contributed by atoms with Gasteiger partial charge >= 0.3 is 0 Å². The van der Waals surface area contributed by atoms with Crippen LogP contribution in [0.3, 0.4) is 0 Å². The lowest BCUT2D eigenvalue weighted by atomic mass is 10.2. The summed E-state index contributed by atoms with van der Waals surface area (Å²) in [6, 6.07) is 3.78. The molecule has 2 rings (SSSR count). The summed E-state index contributed by atoms with van der Waals surface area (Å²) >= 11 is 0. The largest absolute Gasteiger partial charge is 0.491 e. The van der Waals surface area contributed by atoms with E-state index in [1.54, 1.807) is 6.08 Å². The molecule has 0 N–H and O–H groups in total. The SMILES string of the molecule is C=CCOCCOc1ccc2ncoc2c1C. The van der Waals surface area contributed by atoms with Crippen LogP contribution in [0.2, 0.25) is 0 Å². The van der Waals surface area contributed by atoms with Crippen LogP contribution in [0, 0.1) is 6.92 Å². The Morgan fingerprint density at radius 1 is 1.41 bits per heavy atom. The van der Waals surface area contributed by atoms with E-state index in [1.807, 2.05) is 19.1 Å². The Morgan fingerprint density at radius 3 is 3.12 bits per heavy atom. The predicted octanol–water partition coefficient (Wildman–Crippen LogP) is 2.72. The lowest BCUT2D eigenvalue weighted by Gasteiger charge is -2.08. The van der Waals surface area contributed by atoms with E-state index >= 15 is 0 Å². The summed E-state index contributed by atoms with van der Waals surface area (Å²) in [7, 11) is 0. The van der Waals surface area contributed by atoms with E-state index in [0.717, 1.165) is 22.4 Å². The van der Waals surface area contributed by atoms with Gasteiger partial charge in [-0.15, -0.1) is 6.58 Å². The minimum Gasteiger partial charge on any atom is -0.491 e. The average molecular weight is 233 g/mol. The third kappa shape index (κ3) is 2.65. The zero-order valence-corrected chi connectivity index (χ0v) is 9.81. The topological polar surface area (TPSA) is 44.5 Å². The molecule has 0 amide bonds. The van der Waals surface area contributed by atoms with Crippen molar-refractivity contribution in [3.8, 4) is 5.75 Å². The van der Waals surface area contributed by atoms with Gasteiger partial charge in [0.1, 0.15) is 17.9 Å². The molecule has 0 aliphatic carbocycles. The maximum atomic E-state index is 5.61. The lowest BCUT2D eigenvalue weighted by Crippen LogP contribution is -2.07. The standard InChI is InChI=1S/C13H15NO3/c1-3-6-15-7-8-16-12-5-4-11-13(10(12)2)17-9-14-11/h3-5,9H,1,6-8H2,2H3. The summed E-state index contributed by atoms with van der Waals surface area (Å²) in [6.07, 6.45) is 3.15. The molecule has 0 saturated heterocycles. The van der Waals surface area contributed by atoms with Crippen molar-refractivity contribution in [2.45, 2.75) is 6.92 Å². The fourth-order valence-corrected chi connectivity index (χ4v) is 1.58. The van der Waals surface area contributed by atoms with Crippen LogP contribution in [-0.4, -0.2) is 24.8 Å². The number of aryl methyl sites for hydroxylation is 1. The van der Waals surface area contributed by atoms with E-state index in [2.05, 4.69) is 11.6 Å². The van der Waals surface area contributed by atoms with Crippen LogP contribution in [0.25, 0.3) is 11.1 Å². The fourth-order valence-electron chi connectivity index (χ4n) is 1.58. The smallest absolute Gasteiger partial charge is 0.181 e. The van der Waals surface area contributed by atoms with Crippen molar-refractivity contribution in [1.82, 2.24) is 4.98 Å². The van der Waals surface area contributed by atoms with E-state index in [0.29, 0.717) is 19.8 Å². The Labute approximate surface area is 99.9 Å². The first-order valence-corrected chi connectivity index (χ1v) is 5.47. The van der Waals surface area contributed by atoms with Crippen LogP contribution < -0.4 is 4.74 Å². The third-order valence-electron chi connectivity index (χ3n) is 2.42. The summed E-state index contributed by atoms with van der Waals surface area (Å²) in [5.41, 5.74) is 2.58. The Morgan fingerprint density at radius 2 is 2.29 bits per heavy atom. The Bertz CT molecular complexity index is 504. The maximum Gasteiger partial charge on any atom is 0.181 e. The molecule has 0 radical (unpaired) electrons. The van der Waals surface area contributed by atoms with Gasteiger partial charge in [0.25, 0.3) is 0 Å². The van der Waals surface area contributed by atoms with E-state index in [4.69, 9.17) is 13.9 Å². The molecule has 0 saturated carbocycles.